The highest BCUT2D eigenvalue weighted by atomic mass is 32.2. The van der Waals surface area contributed by atoms with Crippen molar-refractivity contribution in [2.45, 2.75) is 86.7 Å². The van der Waals surface area contributed by atoms with Crippen molar-refractivity contribution in [2.24, 2.45) is 0 Å². The molecule has 1 fully saturated rings. The van der Waals surface area contributed by atoms with Crippen LogP contribution in [0.2, 0.25) is 0 Å². The van der Waals surface area contributed by atoms with Crippen molar-refractivity contribution >= 4 is 41.2 Å². The number of hydrogen-bond donors (Lipinski definition) is 3. The Labute approximate surface area is 398 Å². The van der Waals surface area contributed by atoms with Gasteiger partial charge < -0.3 is 25.4 Å². The summed E-state index contributed by atoms with van der Waals surface area (Å²) < 4.78 is 19.3. The average molecular weight is 925 g/mol. The molecule has 0 saturated carbocycles. The molecule has 4 atom stereocenters. The fourth-order valence-corrected chi connectivity index (χ4v) is 11.0. The molecule has 0 aliphatic carbocycles. The largest absolute Gasteiger partial charge is 0.444 e. The summed E-state index contributed by atoms with van der Waals surface area (Å²) in [5.74, 6) is 0.169. The second-order valence-corrected chi connectivity index (χ2v) is 20.4. The normalized spacial score (nSPS) is 16.1. The third-order valence-corrected chi connectivity index (χ3v) is 14.3. The van der Waals surface area contributed by atoms with Gasteiger partial charge in [0.25, 0.3) is 5.91 Å². The van der Waals surface area contributed by atoms with E-state index in [1.165, 1.54) is 12.1 Å². The summed E-state index contributed by atoms with van der Waals surface area (Å²) in [6.07, 6.45) is 5.22. The maximum absolute atomic E-state index is 14.5. The number of amides is 2. The van der Waals surface area contributed by atoms with Gasteiger partial charge in [-0.25, -0.2) is 9.18 Å². The number of rotatable bonds is 19. The summed E-state index contributed by atoms with van der Waals surface area (Å²) in [5, 5.41) is 18.3. The summed E-state index contributed by atoms with van der Waals surface area (Å²) in [6.45, 7) is 6.56. The molecule has 2 heterocycles. The molecule has 1 aliphatic rings. The first kappa shape index (κ1) is 48.3. The third-order valence-electron chi connectivity index (χ3n) is 11.9. The number of anilines is 1. The molecule has 8 nitrogen and oxygen atoms in total. The van der Waals surface area contributed by atoms with Gasteiger partial charge in [-0.15, -0.1) is 11.8 Å². The van der Waals surface area contributed by atoms with Crippen LogP contribution in [-0.2, 0) is 28.7 Å². The standard InChI is InChI=1S/C55H61FN4O4S2/c1-54(2,3)64-53(63)60-38-48(66-55(41-16-8-5-9-17-41,42-18-10-6-11-19-42)43-20-12-7-13-21-43)36-47(60)37-58-46-30-27-40(26-23-39-24-28-44(56)29-25-39)49(34-46)52(62)59-50(31-33-65-4)51(61)35-45-22-14-15-32-57-45/h5-22,24-25,27-30,32,34,47-48,50-51,58,61H,23,26,31,33,35-38H2,1-4H3,(H,59,62)/t47-,48-,50-,51?/m0/s1. The van der Waals surface area contributed by atoms with Crippen LogP contribution in [0, 0.1) is 5.82 Å². The molecule has 344 valence electrons. The second-order valence-electron chi connectivity index (χ2n) is 17.9. The number of carbonyl (C=O) groups is 2. The van der Waals surface area contributed by atoms with Crippen molar-refractivity contribution in [1.29, 1.82) is 0 Å². The summed E-state index contributed by atoms with van der Waals surface area (Å²) in [5.41, 5.74) is 6.54. The second kappa shape index (κ2) is 22.7. The molecule has 1 aromatic heterocycles. The lowest BCUT2D eigenvalue weighted by atomic mass is 9.84. The van der Waals surface area contributed by atoms with Gasteiger partial charge in [0.1, 0.15) is 11.4 Å². The van der Waals surface area contributed by atoms with E-state index in [2.05, 4.69) is 88.4 Å². The molecular formula is C55H61FN4O4S2. The SMILES string of the molecule is CSCC[C@H](NC(=O)c1cc(NC[C@@H]2C[C@H](SC(c3ccccc3)(c3ccccc3)c3ccccc3)CN2C(=O)OC(C)(C)C)ccc1CCc1ccc(F)cc1)C(O)Cc1ccccn1. The zero-order valence-corrected chi connectivity index (χ0v) is 39.9. The lowest BCUT2D eigenvalue weighted by Gasteiger charge is -2.37. The highest BCUT2D eigenvalue weighted by Crippen LogP contribution is 2.52. The molecule has 0 bridgehead atoms. The van der Waals surface area contributed by atoms with Crippen LogP contribution in [0.25, 0.3) is 0 Å². The molecule has 7 rings (SSSR count). The lowest BCUT2D eigenvalue weighted by Crippen LogP contribution is -2.45. The van der Waals surface area contributed by atoms with Gasteiger partial charge in [0.2, 0.25) is 0 Å². The van der Waals surface area contributed by atoms with Gasteiger partial charge in [0, 0.05) is 47.9 Å². The summed E-state index contributed by atoms with van der Waals surface area (Å²) in [4.78, 5) is 34.9. The summed E-state index contributed by atoms with van der Waals surface area (Å²) in [6, 6.07) is 48.9. The number of ether oxygens (including phenoxy) is 1. The number of aromatic nitrogens is 1. The van der Waals surface area contributed by atoms with Crippen molar-refractivity contribution in [3.63, 3.8) is 0 Å². The Morgan fingerprint density at radius 1 is 0.833 bits per heavy atom. The Balaban J connectivity index is 1.17. The van der Waals surface area contributed by atoms with Gasteiger partial charge >= 0.3 is 6.09 Å². The van der Waals surface area contributed by atoms with E-state index in [1.54, 1.807) is 30.1 Å². The fraction of sp³-hybridized carbons (Fsp3) is 0.327. The minimum absolute atomic E-state index is 0.0239. The van der Waals surface area contributed by atoms with Crippen molar-refractivity contribution < 1.29 is 23.8 Å². The highest BCUT2D eigenvalue weighted by molar-refractivity contribution is 8.01. The first-order valence-corrected chi connectivity index (χ1v) is 25.0. The number of aryl methyl sites for hydroxylation is 2. The van der Waals surface area contributed by atoms with E-state index < -0.39 is 22.5 Å². The summed E-state index contributed by atoms with van der Waals surface area (Å²) in [7, 11) is 0. The molecule has 0 radical (unpaired) electrons. The maximum atomic E-state index is 14.5. The average Bonchev–Trinajstić information content (AvgIpc) is 3.74. The Bertz CT molecular complexity index is 2360. The predicted molar refractivity (Wildman–Crippen MR) is 269 cm³/mol. The van der Waals surface area contributed by atoms with E-state index in [9.17, 15) is 19.1 Å². The molecule has 11 heteroatoms. The Kier molecular flexibility index (Phi) is 16.6. The van der Waals surface area contributed by atoms with Crippen LogP contribution in [0.15, 0.2) is 158 Å². The van der Waals surface area contributed by atoms with E-state index in [-0.39, 0.29) is 29.1 Å². The van der Waals surface area contributed by atoms with Crippen molar-refractivity contribution in [3.05, 3.63) is 203 Å². The van der Waals surface area contributed by atoms with Crippen LogP contribution >= 0.6 is 23.5 Å². The van der Waals surface area contributed by atoms with Gasteiger partial charge in [-0.3, -0.25) is 9.78 Å². The number of halogens is 1. The van der Waals surface area contributed by atoms with Gasteiger partial charge in [-0.1, -0.05) is 115 Å². The molecule has 1 aliphatic heterocycles. The zero-order chi connectivity index (χ0) is 46.5. The van der Waals surface area contributed by atoms with E-state index >= 15 is 0 Å². The highest BCUT2D eigenvalue weighted by Gasteiger charge is 2.45. The smallest absolute Gasteiger partial charge is 0.410 e. The molecular weight excluding hydrogens is 864 g/mol. The van der Waals surface area contributed by atoms with Crippen LogP contribution in [0.4, 0.5) is 14.9 Å². The molecule has 1 unspecified atom stereocenters. The molecule has 3 N–H and O–H groups in total. The van der Waals surface area contributed by atoms with E-state index in [0.29, 0.717) is 50.8 Å². The Morgan fingerprint density at radius 2 is 1.45 bits per heavy atom. The third kappa shape index (κ3) is 12.6. The number of carbonyl (C=O) groups excluding carboxylic acids is 2. The van der Waals surface area contributed by atoms with Gasteiger partial charge in [-0.2, -0.15) is 11.8 Å². The molecule has 0 spiro atoms. The van der Waals surface area contributed by atoms with Crippen LogP contribution < -0.4 is 10.6 Å². The lowest BCUT2D eigenvalue weighted by molar-refractivity contribution is 0.0235. The Morgan fingerprint density at radius 3 is 2.03 bits per heavy atom. The van der Waals surface area contributed by atoms with E-state index in [1.807, 2.05) is 98.3 Å². The van der Waals surface area contributed by atoms with Crippen LogP contribution in [0.1, 0.15) is 77.5 Å². The number of aliphatic hydroxyl groups is 1. The fourth-order valence-electron chi connectivity index (χ4n) is 8.68. The van der Waals surface area contributed by atoms with Gasteiger partial charge in [0.15, 0.2) is 0 Å². The zero-order valence-electron chi connectivity index (χ0n) is 38.2. The van der Waals surface area contributed by atoms with E-state index in [0.717, 1.165) is 45.0 Å². The van der Waals surface area contributed by atoms with Gasteiger partial charge in [0.05, 0.1) is 22.9 Å². The monoisotopic (exact) mass is 924 g/mol. The topological polar surface area (TPSA) is 104 Å². The van der Waals surface area contributed by atoms with Crippen LogP contribution in [0.5, 0.6) is 0 Å². The number of nitrogens with zero attached hydrogens (tertiary/aromatic N) is 2. The number of hydrogen-bond acceptors (Lipinski definition) is 8. The maximum Gasteiger partial charge on any atom is 0.410 e. The quantitative estimate of drug-likeness (QED) is 0.0690. The van der Waals surface area contributed by atoms with Crippen LogP contribution in [0.3, 0.4) is 0 Å². The molecule has 2 amide bonds. The minimum atomic E-state index is -0.851. The number of thioether (sulfide) groups is 2. The molecule has 1 saturated heterocycles. The first-order chi connectivity index (χ1) is 31.9. The summed E-state index contributed by atoms with van der Waals surface area (Å²) >= 11 is 3.53. The number of aliphatic hydroxyl groups excluding tert-OH is 1. The molecule has 6 aromatic rings. The first-order valence-electron chi connectivity index (χ1n) is 22.7. The van der Waals surface area contributed by atoms with Gasteiger partial charge in [-0.05, 0) is 123 Å². The minimum Gasteiger partial charge on any atom is -0.444 e. The number of nitrogens with one attached hydrogen (secondary N) is 2. The van der Waals surface area contributed by atoms with Crippen molar-refractivity contribution in [1.82, 2.24) is 15.2 Å². The van der Waals surface area contributed by atoms with Crippen molar-refractivity contribution in [3.8, 4) is 0 Å². The van der Waals surface area contributed by atoms with E-state index in [4.69, 9.17) is 4.74 Å². The number of pyridine rings is 1. The number of likely N-dealkylation sites (tertiary alicyclic amines) is 1. The number of benzene rings is 5. The Hall–Kier alpha value is -5.62. The predicted octanol–water partition coefficient (Wildman–Crippen LogP) is 11.0. The van der Waals surface area contributed by atoms with Crippen molar-refractivity contribution in [2.75, 3.05) is 30.4 Å². The van der Waals surface area contributed by atoms with Crippen LogP contribution in [-0.4, -0.2) is 81.1 Å². The molecule has 66 heavy (non-hydrogen) atoms. The molecule has 5 aromatic carbocycles.